The zero-order valence-corrected chi connectivity index (χ0v) is 9.09. The molecule has 1 amide bonds. The number of hydrogen-bond donors (Lipinski definition) is 2. The first kappa shape index (κ1) is 10.5. The highest BCUT2D eigenvalue weighted by atomic mass is 32.2. The van der Waals surface area contributed by atoms with Gasteiger partial charge in [0, 0.05) is 11.4 Å². The van der Waals surface area contributed by atoms with Crippen LogP contribution in [0.4, 0.5) is 5.69 Å². The van der Waals surface area contributed by atoms with Crippen LogP contribution in [0.25, 0.3) is 0 Å². The van der Waals surface area contributed by atoms with Gasteiger partial charge < -0.3 is 11.5 Å². The van der Waals surface area contributed by atoms with Crippen LogP contribution in [0, 0.1) is 0 Å². The van der Waals surface area contributed by atoms with Crippen molar-refractivity contribution in [2.75, 3.05) is 17.3 Å². The molecule has 0 saturated carbocycles. The lowest BCUT2D eigenvalue weighted by molar-refractivity contribution is -0.116. The van der Waals surface area contributed by atoms with Crippen LogP contribution in [0.15, 0.2) is 23.1 Å². The Morgan fingerprint density at radius 3 is 2.87 bits per heavy atom. The molecule has 2 rings (SSSR count). The van der Waals surface area contributed by atoms with Gasteiger partial charge in [0.1, 0.15) is 0 Å². The van der Waals surface area contributed by atoms with E-state index in [1.54, 1.807) is 16.7 Å². The SMILES string of the molecule is NCc1ccc2c(c1)N(CN)C(=O)CS2. The third kappa shape index (κ3) is 1.86. The number of carbonyl (C=O) groups excluding carboxylic acids is 1. The van der Waals surface area contributed by atoms with E-state index in [1.807, 2.05) is 18.2 Å². The summed E-state index contributed by atoms with van der Waals surface area (Å²) in [5.41, 5.74) is 13.0. The summed E-state index contributed by atoms with van der Waals surface area (Å²) in [4.78, 5) is 14.3. The van der Waals surface area contributed by atoms with E-state index in [1.165, 1.54) is 0 Å². The van der Waals surface area contributed by atoms with Gasteiger partial charge in [0.05, 0.1) is 18.1 Å². The van der Waals surface area contributed by atoms with Crippen LogP contribution in [0.5, 0.6) is 0 Å². The molecule has 15 heavy (non-hydrogen) atoms. The first-order valence-electron chi connectivity index (χ1n) is 4.72. The average molecular weight is 223 g/mol. The van der Waals surface area contributed by atoms with Gasteiger partial charge in [-0.2, -0.15) is 0 Å². The van der Waals surface area contributed by atoms with Gasteiger partial charge in [0.2, 0.25) is 5.91 Å². The number of fused-ring (bicyclic) bond motifs is 1. The summed E-state index contributed by atoms with van der Waals surface area (Å²) >= 11 is 1.55. The lowest BCUT2D eigenvalue weighted by atomic mass is 10.2. The summed E-state index contributed by atoms with van der Waals surface area (Å²) in [6.45, 7) is 0.699. The molecule has 80 valence electrons. The third-order valence-corrected chi connectivity index (χ3v) is 3.43. The molecule has 4 nitrogen and oxygen atoms in total. The zero-order valence-electron chi connectivity index (χ0n) is 8.27. The van der Waals surface area contributed by atoms with Gasteiger partial charge in [-0.05, 0) is 17.7 Å². The number of nitrogens with zero attached hydrogens (tertiary/aromatic N) is 1. The molecule has 0 radical (unpaired) electrons. The van der Waals surface area contributed by atoms with Crippen molar-refractivity contribution in [2.24, 2.45) is 11.5 Å². The minimum Gasteiger partial charge on any atom is -0.326 e. The van der Waals surface area contributed by atoms with E-state index < -0.39 is 0 Å². The van der Waals surface area contributed by atoms with E-state index in [-0.39, 0.29) is 12.6 Å². The number of hydrogen-bond acceptors (Lipinski definition) is 4. The topological polar surface area (TPSA) is 72.3 Å². The first-order valence-corrected chi connectivity index (χ1v) is 5.71. The summed E-state index contributed by atoms with van der Waals surface area (Å²) in [5, 5.41) is 0. The zero-order chi connectivity index (χ0) is 10.8. The van der Waals surface area contributed by atoms with Crippen molar-refractivity contribution < 1.29 is 4.79 Å². The summed E-state index contributed by atoms with van der Waals surface area (Å²) in [7, 11) is 0. The number of rotatable bonds is 2. The maximum Gasteiger partial charge on any atom is 0.238 e. The second-order valence-corrected chi connectivity index (χ2v) is 4.32. The first-order chi connectivity index (χ1) is 7.26. The van der Waals surface area contributed by atoms with Crippen LogP contribution in [-0.4, -0.2) is 18.3 Å². The van der Waals surface area contributed by atoms with E-state index in [4.69, 9.17) is 11.5 Å². The Hall–Kier alpha value is -1.04. The van der Waals surface area contributed by atoms with Gasteiger partial charge in [-0.3, -0.25) is 9.69 Å². The highest BCUT2D eigenvalue weighted by molar-refractivity contribution is 8.00. The number of amides is 1. The standard InChI is InChI=1S/C10H13N3OS/c11-4-7-1-2-9-8(3-7)13(6-12)10(14)5-15-9/h1-3H,4-6,11-12H2. The second-order valence-electron chi connectivity index (χ2n) is 3.30. The van der Waals surface area contributed by atoms with Crippen LogP contribution >= 0.6 is 11.8 Å². The Bertz CT molecular complexity index is 394. The molecule has 0 unspecified atom stereocenters. The van der Waals surface area contributed by atoms with Gasteiger partial charge in [0.15, 0.2) is 0 Å². The second kappa shape index (κ2) is 4.22. The average Bonchev–Trinajstić information content (AvgIpc) is 2.28. The summed E-state index contributed by atoms with van der Waals surface area (Å²) in [5.74, 6) is 0.524. The molecule has 1 aliphatic rings. The van der Waals surface area contributed by atoms with Crippen LogP contribution < -0.4 is 16.4 Å². The predicted molar refractivity (Wildman–Crippen MR) is 61.6 cm³/mol. The molecular weight excluding hydrogens is 210 g/mol. The Kier molecular flexibility index (Phi) is 2.95. The molecule has 0 fully saturated rings. The van der Waals surface area contributed by atoms with Crippen molar-refractivity contribution in [1.82, 2.24) is 0 Å². The molecule has 0 aliphatic carbocycles. The summed E-state index contributed by atoms with van der Waals surface area (Å²) < 4.78 is 0. The lowest BCUT2D eigenvalue weighted by Crippen LogP contribution is -2.39. The molecule has 1 heterocycles. The van der Waals surface area contributed by atoms with Gasteiger partial charge in [-0.25, -0.2) is 0 Å². The number of thioether (sulfide) groups is 1. The van der Waals surface area contributed by atoms with Gasteiger partial charge in [0.25, 0.3) is 0 Å². The van der Waals surface area contributed by atoms with Crippen LogP contribution in [-0.2, 0) is 11.3 Å². The highest BCUT2D eigenvalue weighted by Crippen LogP contribution is 2.35. The Balaban J connectivity index is 2.45. The molecule has 5 heteroatoms. The van der Waals surface area contributed by atoms with Gasteiger partial charge in [-0.1, -0.05) is 6.07 Å². The van der Waals surface area contributed by atoms with Crippen molar-refractivity contribution >= 4 is 23.4 Å². The molecule has 1 aromatic rings. The van der Waals surface area contributed by atoms with E-state index in [0.29, 0.717) is 12.3 Å². The van der Waals surface area contributed by atoms with Crippen molar-refractivity contribution in [2.45, 2.75) is 11.4 Å². The fourth-order valence-electron chi connectivity index (χ4n) is 1.57. The maximum absolute atomic E-state index is 11.6. The van der Waals surface area contributed by atoms with Crippen molar-refractivity contribution in [3.63, 3.8) is 0 Å². The molecule has 0 bridgehead atoms. The van der Waals surface area contributed by atoms with Gasteiger partial charge in [-0.15, -0.1) is 11.8 Å². The van der Waals surface area contributed by atoms with E-state index in [2.05, 4.69) is 0 Å². The molecule has 0 aromatic heterocycles. The van der Waals surface area contributed by atoms with Crippen LogP contribution in [0.2, 0.25) is 0 Å². The smallest absolute Gasteiger partial charge is 0.238 e. The van der Waals surface area contributed by atoms with E-state index in [9.17, 15) is 4.79 Å². The number of benzene rings is 1. The normalized spacial score (nSPS) is 15.3. The number of carbonyl (C=O) groups is 1. The quantitative estimate of drug-likeness (QED) is 0.766. The summed E-state index contributed by atoms with van der Waals surface area (Å²) in [6, 6.07) is 5.92. The lowest BCUT2D eigenvalue weighted by Gasteiger charge is -2.27. The van der Waals surface area contributed by atoms with Crippen LogP contribution in [0.3, 0.4) is 0 Å². The predicted octanol–water partition coefficient (Wildman–Crippen LogP) is 0.500. The number of nitrogens with two attached hydrogens (primary N) is 2. The van der Waals surface area contributed by atoms with Crippen molar-refractivity contribution in [1.29, 1.82) is 0 Å². The molecule has 1 aromatic carbocycles. The van der Waals surface area contributed by atoms with Gasteiger partial charge >= 0.3 is 0 Å². The van der Waals surface area contributed by atoms with E-state index in [0.717, 1.165) is 16.1 Å². The highest BCUT2D eigenvalue weighted by Gasteiger charge is 2.23. The molecule has 0 saturated heterocycles. The Morgan fingerprint density at radius 1 is 1.40 bits per heavy atom. The fourth-order valence-corrected chi connectivity index (χ4v) is 2.49. The number of anilines is 1. The third-order valence-electron chi connectivity index (χ3n) is 2.38. The van der Waals surface area contributed by atoms with Crippen molar-refractivity contribution in [3.8, 4) is 0 Å². The Labute approximate surface area is 92.6 Å². The largest absolute Gasteiger partial charge is 0.326 e. The molecular formula is C10H13N3OS. The molecule has 4 N–H and O–H groups in total. The monoisotopic (exact) mass is 223 g/mol. The summed E-state index contributed by atoms with van der Waals surface area (Å²) in [6.07, 6.45) is 0. The van der Waals surface area contributed by atoms with Crippen LogP contribution in [0.1, 0.15) is 5.56 Å². The molecule has 0 spiro atoms. The minimum atomic E-state index is 0.0594. The Morgan fingerprint density at radius 2 is 2.20 bits per heavy atom. The molecule has 1 aliphatic heterocycles. The maximum atomic E-state index is 11.6. The fraction of sp³-hybridized carbons (Fsp3) is 0.300. The minimum absolute atomic E-state index is 0.0594. The molecule has 0 atom stereocenters. The van der Waals surface area contributed by atoms with E-state index >= 15 is 0 Å². The van der Waals surface area contributed by atoms with Crippen molar-refractivity contribution in [3.05, 3.63) is 23.8 Å².